The molecule has 1 unspecified atom stereocenters. The van der Waals surface area contributed by atoms with E-state index in [0.717, 1.165) is 4.90 Å². The molecule has 21 heavy (non-hydrogen) atoms. The van der Waals surface area contributed by atoms with Crippen LogP contribution in [-0.2, 0) is 9.53 Å². The summed E-state index contributed by atoms with van der Waals surface area (Å²) in [5, 5.41) is 11.5. The first kappa shape index (κ1) is 15.2. The fourth-order valence-electron chi connectivity index (χ4n) is 1.89. The van der Waals surface area contributed by atoms with Gasteiger partial charge in [0.1, 0.15) is 0 Å². The maximum atomic E-state index is 11.4. The zero-order valence-corrected chi connectivity index (χ0v) is 12.4. The summed E-state index contributed by atoms with van der Waals surface area (Å²) in [5.41, 5.74) is 0.609. The fraction of sp³-hybridized carbons (Fsp3) is 0.286. The van der Waals surface area contributed by atoms with Gasteiger partial charge >= 0.3 is 5.97 Å². The molecule has 0 spiro atoms. The number of esters is 1. The molecule has 0 saturated heterocycles. The lowest BCUT2D eigenvalue weighted by Crippen LogP contribution is -2.14. The predicted molar refractivity (Wildman–Crippen MR) is 80.3 cm³/mol. The Hall–Kier alpha value is -2.15. The van der Waals surface area contributed by atoms with Crippen molar-refractivity contribution in [2.75, 3.05) is 12.9 Å². The quantitative estimate of drug-likeness (QED) is 0.365. The number of carbonyl (C=O) groups excluding carboxylic acids is 1. The van der Waals surface area contributed by atoms with E-state index in [1.165, 1.54) is 24.9 Å². The number of fused-ring (bicyclic) bond motifs is 1. The highest BCUT2D eigenvalue weighted by atomic mass is 32.2. The molecular weight excluding hydrogens is 292 g/mol. The first-order chi connectivity index (χ1) is 10.0. The summed E-state index contributed by atoms with van der Waals surface area (Å²) >= 11 is 1.44. The van der Waals surface area contributed by atoms with Crippen LogP contribution in [0.3, 0.4) is 0 Å². The molecule has 1 atom stereocenters. The van der Waals surface area contributed by atoms with Crippen LogP contribution in [0, 0.1) is 16.0 Å². The van der Waals surface area contributed by atoms with E-state index in [9.17, 15) is 14.9 Å². The molecule has 0 amide bonds. The zero-order valence-electron chi connectivity index (χ0n) is 11.6. The Kier molecular flexibility index (Phi) is 4.74. The predicted octanol–water partition coefficient (Wildman–Crippen LogP) is 3.04. The molecule has 1 heterocycles. The molecule has 0 bridgehead atoms. The maximum Gasteiger partial charge on any atom is 0.309 e. The Morgan fingerprint density at radius 3 is 2.90 bits per heavy atom. The number of non-ortho nitro benzene ring substituents is 1. The van der Waals surface area contributed by atoms with Gasteiger partial charge in [0.15, 0.2) is 0 Å². The minimum Gasteiger partial charge on any atom is -0.469 e. The van der Waals surface area contributed by atoms with Crippen molar-refractivity contribution >= 4 is 34.3 Å². The topological polar surface area (TPSA) is 82.3 Å². The lowest BCUT2D eigenvalue weighted by Gasteiger charge is -2.10. The van der Waals surface area contributed by atoms with Gasteiger partial charge in [-0.3, -0.25) is 19.9 Å². The molecule has 0 N–H and O–H groups in total. The normalized spacial score (nSPS) is 12.1. The van der Waals surface area contributed by atoms with Gasteiger partial charge in [0.25, 0.3) is 5.69 Å². The molecule has 0 aliphatic heterocycles. The Bertz CT molecular complexity index is 690. The number of carbonyl (C=O) groups is 1. The number of nitro benzene ring substituents is 1. The third-order valence-electron chi connectivity index (χ3n) is 3.00. The van der Waals surface area contributed by atoms with E-state index < -0.39 is 4.92 Å². The van der Waals surface area contributed by atoms with Gasteiger partial charge in [0, 0.05) is 22.9 Å². The average Bonchev–Trinajstić information content (AvgIpc) is 2.51. The first-order valence-electron chi connectivity index (χ1n) is 6.27. The number of methoxy groups -OCH3 is 1. The third-order valence-corrected chi connectivity index (χ3v) is 4.31. The monoisotopic (exact) mass is 306 g/mol. The highest BCUT2D eigenvalue weighted by Crippen LogP contribution is 2.33. The number of benzene rings is 1. The van der Waals surface area contributed by atoms with Gasteiger partial charge in [-0.25, -0.2) is 0 Å². The largest absolute Gasteiger partial charge is 0.469 e. The number of aromatic nitrogens is 1. The number of hydrogen-bond donors (Lipinski definition) is 0. The lowest BCUT2D eigenvalue weighted by molar-refractivity contribution is -0.383. The molecule has 2 rings (SSSR count). The van der Waals surface area contributed by atoms with Crippen LogP contribution in [0.25, 0.3) is 10.9 Å². The minimum atomic E-state index is -0.421. The van der Waals surface area contributed by atoms with Crippen LogP contribution < -0.4 is 0 Å². The Balaban J connectivity index is 2.31. The van der Waals surface area contributed by atoms with Crippen LogP contribution in [-0.4, -0.2) is 28.7 Å². The number of hydrogen-bond acceptors (Lipinski definition) is 6. The summed E-state index contributed by atoms with van der Waals surface area (Å²) in [6.45, 7) is 1.78. The number of nitrogens with zero attached hydrogens (tertiary/aromatic N) is 2. The van der Waals surface area contributed by atoms with Gasteiger partial charge in [-0.2, -0.15) is 0 Å². The summed E-state index contributed by atoms with van der Waals surface area (Å²) in [6, 6.07) is 6.48. The summed E-state index contributed by atoms with van der Waals surface area (Å²) in [5.74, 6) is -0.00786. The summed E-state index contributed by atoms with van der Waals surface area (Å²) in [7, 11) is 1.35. The minimum absolute atomic E-state index is 0.0310. The highest BCUT2D eigenvalue weighted by molar-refractivity contribution is 7.99. The third kappa shape index (κ3) is 3.30. The molecule has 0 aliphatic rings. The number of pyridine rings is 1. The first-order valence-corrected chi connectivity index (χ1v) is 7.26. The molecule has 6 nitrogen and oxygen atoms in total. The van der Waals surface area contributed by atoms with Crippen molar-refractivity contribution in [3.05, 3.63) is 40.6 Å². The molecule has 1 aromatic carbocycles. The molecule has 0 aliphatic carbocycles. The smallest absolute Gasteiger partial charge is 0.309 e. The molecule has 0 saturated carbocycles. The summed E-state index contributed by atoms with van der Waals surface area (Å²) in [6.07, 6.45) is 1.60. The van der Waals surface area contributed by atoms with Gasteiger partial charge in [-0.15, -0.1) is 11.8 Å². The molecule has 110 valence electrons. The van der Waals surface area contributed by atoms with E-state index >= 15 is 0 Å². The van der Waals surface area contributed by atoms with Gasteiger partial charge < -0.3 is 4.74 Å². The molecule has 0 radical (unpaired) electrons. The van der Waals surface area contributed by atoms with Crippen molar-refractivity contribution < 1.29 is 14.5 Å². The number of ether oxygens (including phenoxy) is 1. The van der Waals surface area contributed by atoms with Gasteiger partial charge in [0.05, 0.1) is 28.9 Å². The van der Waals surface area contributed by atoms with Crippen molar-refractivity contribution in [2.24, 2.45) is 5.92 Å². The number of nitro groups is 1. The zero-order chi connectivity index (χ0) is 15.4. The Morgan fingerprint density at radius 1 is 1.48 bits per heavy atom. The fourth-order valence-corrected chi connectivity index (χ4v) is 2.92. The SMILES string of the molecule is COC(=O)C(C)CSc1ccc([N+](=O)[O-])c2cccnc12. The van der Waals surface area contributed by atoms with Crippen LogP contribution in [0.4, 0.5) is 5.69 Å². The van der Waals surface area contributed by atoms with E-state index in [1.54, 1.807) is 31.3 Å². The maximum absolute atomic E-state index is 11.4. The Labute approximate surface area is 125 Å². The molecule has 1 aromatic heterocycles. The summed E-state index contributed by atoms with van der Waals surface area (Å²) in [4.78, 5) is 27.0. The second kappa shape index (κ2) is 6.53. The second-order valence-electron chi connectivity index (χ2n) is 4.47. The second-order valence-corrected chi connectivity index (χ2v) is 5.54. The van der Waals surface area contributed by atoms with Crippen LogP contribution in [0.2, 0.25) is 0 Å². The van der Waals surface area contributed by atoms with Crippen LogP contribution in [0.5, 0.6) is 0 Å². The van der Waals surface area contributed by atoms with E-state index in [0.29, 0.717) is 16.7 Å². The number of rotatable bonds is 5. The van der Waals surface area contributed by atoms with Crippen molar-refractivity contribution in [1.29, 1.82) is 0 Å². The highest BCUT2D eigenvalue weighted by Gasteiger charge is 2.18. The van der Waals surface area contributed by atoms with Crippen molar-refractivity contribution in [3.8, 4) is 0 Å². The van der Waals surface area contributed by atoms with E-state index in [2.05, 4.69) is 9.72 Å². The van der Waals surface area contributed by atoms with Crippen molar-refractivity contribution in [3.63, 3.8) is 0 Å². The van der Waals surface area contributed by atoms with E-state index in [4.69, 9.17) is 0 Å². The molecular formula is C14H14N2O4S. The van der Waals surface area contributed by atoms with Crippen LogP contribution in [0.1, 0.15) is 6.92 Å². The molecule has 2 aromatic rings. The average molecular weight is 306 g/mol. The van der Waals surface area contributed by atoms with E-state index in [1.807, 2.05) is 0 Å². The van der Waals surface area contributed by atoms with Crippen LogP contribution >= 0.6 is 11.8 Å². The van der Waals surface area contributed by atoms with Gasteiger partial charge in [-0.1, -0.05) is 6.92 Å². The van der Waals surface area contributed by atoms with Gasteiger partial charge in [-0.05, 0) is 18.2 Å². The Morgan fingerprint density at radius 2 is 2.24 bits per heavy atom. The van der Waals surface area contributed by atoms with Crippen molar-refractivity contribution in [2.45, 2.75) is 11.8 Å². The number of thioether (sulfide) groups is 1. The standard InChI is InChI=1S/C14H14N2O4S/c1-9(14(17)20-2)8-21-12-6-5-11(16(18)19)10-4-3-7-15-13(10)12/h3-7,9H,8H2,1-2H3. The molecule has 0 fully saturated rings. The van der Waals surface area contributed by atoms with Gasteiger partial charge in [0.2, 0.25) is 0 Å². The van der Waals surface area contributed by atoms with Crippen molar-refractivity contribution in [1.82, 2.24) is 4.98 Å². The lowest BCUT2D eigenvalue weighted by atomic mass is 10.2. The van der Waals surface area contributed by atoms with E-state index in [-0.39, 0.29) is 17.6 Å². The van der Waals surface area contributed by atoms with Crippen LogP contribution in [0.15, 0.2) is 35.4 Å². The molecule has 7 heteroatoms. The summed E-state index contributed by atoms with van der Waals surface area (Å²) < 4.78 is 4.68.